The number of nitrogens with zero attached hydrogens (tertiary/aromatic N) is 4. The first-order valence-electron chi connectivity index (χ1n) is 6.60. The van der Waals surface area contributed by atoms with Crippen molar-refractivity contribution in [1.82, 2.24) is 19.4 Å². The molecule has 0 aliphatic carbocycles. The molecule has 0 fully saturated rings. The molecule has 110 valence electrons. The van der Waals surface area contributed by atoms with E-state index in [1.54, 1.807) is 28.7 Å². The van der Waals surface area contributed by atoms with Gasteiger partial charge in [-0.15, -0.1) is 0 Å². The van der Waals surface area contributed by atoms with Gasteiger partial charge in [0.1, 0.15) is 0 Å². The lowest BCUT2D eigenvalue weighted by Crippen LogP contribution is -2.19. The molecule has 3 aromatic heterocycles. The standard InChI is InChI=1S/C14H16ClN5O/c1-21-7-6-20-14(11(15)9-18-20)13(16)10-8-17-19-5-3-2-4-12(10)19/h2-5,8-9,13H,6-7,16H2,1H3. The molecule has 1 atom stereocenters. The number of hydrogen-bond acceptors (Lipinski definition) is 4. The summed E-state index contributed by atoms with van der Waals surface area (Å²) in [5.41, 5.74) is 9.05. The number of aromatic nitrogens is 4. The molecule has 0 spiro atoms. The summed E-state index contributed by atoms with van der Waals surface area (Å²) in [4.78, 5) is 0. The first-order valence-corrected chi connectivity index (χ1v) is 6.98. The summed E-state index contributed by atoms with van der Waals surface area (Å²) >= 11 is 6.26. The zero-order valence-electron chi connectivity index (χ0n) is 11.6. The van der Waals surface area contributed by atoms with Crippen LogP contribution in [0, 0.1) is 0 Å². The Kier molecular flexibility index (Phi) is 3.92. The number of fused-ring (bicyclic) bond motifs is 1. The molecule has 0 bridgehead atoms. The number of methoxy groups -OCH3 is 1. The second-order valence-electron chi connectivity index (χ2n) is 4.70. The highest BCUT2D eigenvalue weighted by Crippen LogP contribution is 2.28. The maximum Gasteiger partial charge on any atom is 0.0837 e. The van der Waals surface area contributed by atoms with Crippen molar-refractivity contribution < 1.29 is 4.74 Å². The van der Waals surface area contributed by atoms with Crippen molar-refractivity contribution >= 4 is 17.1 Å². The zero-order chi connectivity index (χ0) is 14.8. The largest absolute Gasteiger partial charge is 0.383 e. The van der Waals surface area contributed by atoms with Gasteiger partial charge in [0.2, 0.25) is 0 Å². The van der Waals surface area contributed by atoms with Gasteiger partial charge in [-0.05, 0) is 12.1 Å². The van der Waals surface area contributed by atoms with Crippen molar-refractivity contribution in [2.75, 3.05) is 13.7 Å². The maximum atomic E-state index is 6.41. The van der Waals surface area contributed by atoms with Crippen LogP contribution in [0.5, 0.6) is 0 Å². The van der Waals surface area contributed by atoms with E-state index >= 15 is 0 Å². The molecule has 3 aromatic rings. The van der Waals surface area contributed by atoms with E-state index in [9.17, 15) is 0 Å². The molecule has 6 nitrogen and oxygen atoms in total. The third-order valence-corrected chi connectivity index (χ3v) is 3.72. The molecule has 0 aliphatic heterocycles. The van der Waals surface area contributed by atoms with Crippen molar-refractivity contribution in [2.24, 2.45) is 5.73 Å². The van der Waals surface area contributed by atoms with Crippen LogP contribution in [0.2, 0.25) is 5.02 Å². The lowest BCUT2D eigenvalue weighted by atomic mass is 10.1. The molecule has 21 heavy (non-hydrogen) atoms. The Bertz CT molecular complexity index is 751. The molecule has 0 saturated carbocycles. The van der Waals surface area contributed by atoms with Crippen LogP contribution in [0.3, 0.4) is 0 Å². The van der Waals surface area contributed by atoms with E-state index in [2.05, 4.69) is 10.2 Å². The van der Waals surface area contributed by atoms with Crippen LogP contribution < -0.4 is 5.73 Å². The van der Waals surface area contributed by atoms with Gasteiger partial charge in [0.25, 0.3) is 0 Å². The van der Waals surface area contributed by atoms with Gasteiger partial charge in [-0.25, -0.2) is 4.52 Å². The van der Waals surface area contributed by atoms with Crippen molar-refractivity contribution in [1.29, 1.82) is 0 Å². The first kappa shape index (κ1) is 14.1. The summed E-state index contributed by atoms with van der Waals surface area (Å²) in [6, 6.07) is 5.46. The average molecular weight is 306 g/mol. The Hall–Kier alpha value is -1.89. The van der Waals surface area contributed by atoms with Gasteiger partial charge < -0.3 is 10.5 Å². The van der Waals surface area contributed by atoms with Crippen LogP contribution in [0.25, 0.3) is 5.52 Å². The molecule has 0 aromatic carbocycles. The number of ether oxygens (including phenoxy) is 1. The smallest absolute Gasteiger partial charge is 0.0837 e. The highest BCUT2D eigenvalue weighted by molar-refractivity contribution is 6.31. The van der Waals surface area contributed by atoms with E-state index in [0.29, 0.717) is 18.2 Å². The normalized spacial score (nSPS) is 12.9. The van der Waals surface area contributed by atoms with Crippen molar-refractivity contribution in [3.63, 3.8) is 0 Å². The molecule has 7 heteroatoms. The summed E-state index contributed by atoms with van der Waals surface area (Å²) in [5.74, 6) is 0. The predicted octanol–water partition coefficient (Wildman–Crippen LogP) is 1.88. The third kappa shape index (κ3) is 2.53. The molecule has 3 heterocycles. The molecular formula is C14H16ClN5O. The SMILES string of the molecule is COCCn1ncc(Cl)c1C(N)c1cnn2ccccc12. The molecule has 0 saturated heterocycles. The van der Waals surface area contributed by atoms with E-state index in [0.717, 1.165) is 16.8 Å². The Balaban J connectivity index is 2.02. The molecule has 0 radical (unpaired) electrons. The fourth-order valence-electron chi connectivity index (χ4n) is 2.38. The van der Waals surface area contributed by atoms with E-state index in [1.807, 2.05) is 24.4 Å². The molecular weight excluding hydrogens is 290 g/mol. The monoisotopic (exact) mass is 305 g/mol. The first-order chi connectivity index (χ1) is 10.2. The number of pyridine rings is 1. The minimum absolute atomic E-state index is 0.392. The van der Waals surface area contributed by atoms with Gasteiger partial charge in [0, 0.05) is 18.9 Å². The lowest BCUT2D eigenvalue weighted by Gasteiger charge is -2.14. The Morgan fingerprint density at radius 3 is 3.00 bits per heavy atom. The molecule has 1 unspecified atom stereocenters. The van der Waals surface area contributed by atoms with Crippen LogP contribution in [0.15, 0.2) is 36.8 Å². The fourth-order valence-corrected chi connectivity index (χ4v) is 2.64. The van der Waals surface area contributed by atoms with E-state index in [1.165, 1.54) is 0 Å². The van der Waals surface area contributed by atoms with Gasteiger partial charge in [0.05, 0.1) is 47.8 Å². The summed E-state index contributed by atoms with van der Waals surface area (Å²) in [5, 5.41) is 9.12. The zero-order valence-corrected chi connectivity index (χ0v) is 12.4. The molecule has 0 amide bonds. The summed E-state index contributed by atoms with van der Waals surface area (Å²) < 4.78 is 8.66. The minimum Gasteiger partial charge on any atom is -0.383 e. The number of nitrogens with two attached hydrogens (primary N) is 1. The third-order valence-electron chi connectivity index (χ3n) is 3.43. The van der Waals surface area contributed by atoms with Gasteiger partial charge in [0.15, 0.2) is 0 Å². The second-order valence-corrected chi connectivity index (χ2v) is 5.11. The minimum atomic E-state index is -0.392. The Labute approximate surface area is 127 Å². The maximum absolute atomic E-state index is 6.41. The summed E-state index contributed by atoms with van der Waals surface area (Å²) in [6.45, 7) is 1.15. The number of hydrogen-bond donors (Lipinski definition) is 1. The van der Waals surface area contributed by atoms with Gasteiger partial charge in [-0.2, -0.15) is 10.2 Å². The number of rotatable bonds is 5. The van der Waals surface area contributed by atoms with Crippen molar-refractivity contribution in [3.8, 4) is 0 Å². The van der Waals surface area contributed by atoms with Crippen LogP contribution in [-0.2, 0) is 11.3 Å². The average Bonchev–Trinajstić information content (AvgIpc) is 3.08. The van der Waals surface area contributed by atoms with E-state index in [4.69, 9.17) is 22.1 Å². The Morgan fingerprint density at radius 1 is 1.33 bits per heavy atom. The predicted molar refractivity (Wildman–Crippen MR) is 80.3 cm³/mol. The number of halogens is 1. The van der Waals surface area contributed by atoms with E-state index < -0.39 is 6.04 Å². The van der Waals surface area contributed by atoms with Crippen molar-refractivity contribution in [2.45, 2.75) is 12.6 Å². The summed E-state index contributed by atoms with van der Waals surface area (Å²) in [6.07, 6.45) is 5.26. The van der Waals surface area contributed by atoms with Gasteiger partial charge >= 0.3 is 0 Å². The highest BCUT2D eigenvalue weighted by Gasteiger charge is 2.21. The van der Waals surface area contributed by atoms with Gasteiger partial charge in [-0.1, -0.05) is 17.7 Å². The molecule has 3 rings (SSSR count). The highest BCUT2D eigenvalue weighted by atomic mass is 35.5. The van der Waals surface area contributed by atoms with Crippen molar-refractivity contribution in [3.05, 3.63) is 53.1 Å². The Morgan fingerprint density at radius 2 is 2.19 bits per heavy atom. The topological polar surface area (TPSA) is 70.4 Å². The lowest BCUT2D eigenvalue weighted by molar-refractivity contribution is 0.182. The molecule has 0 aliphatic rings. The summed E-state index contributed by atoms with van der Waals surface area (Å²) in [7, 11) is 1.65. The second kappa shape index (κ2) is 5.85. The van der Waals surface area contributed by atoms with Crippen LogP contribution in [0.1, 0.15) is 17.3 Å². The fraction of sp³-hybridized carbons (Fsp3) is 0.286. The molecule has 2 N–H and O–H groups in total. The van der Waals surface area contributed by atoms with Crippen LogP contribution >= 0.6 is 11.6 Å². The van der Waals surface area contributed by atoms with E-state index in [-0.39, 0.29) is 0 Å². The quantitative estimate of drug-likeness (QED) is 0.781. The van der Waals surface area contributed by atoms with Crippen LogP contribution in [-0.4, -0.2) is 33.1 Å². The van der Waals surface area contributed by atoms with Gasteiger partial charge in [-0.3, -0.25) is 4.68 Å². The van der Waals surface area contributed by atoms with Crippen LogP contribution in [0.4, 0.5) is 0 Å².